The summed E-state index contributed by atoms with van der Waals surface area (Å²) in [5, 5.41) is 6.77. The third-order valence-electron chi connectivity index (χ3n) is 4.87. The normalized spacial score (nSPS) is 21.1. The highest BCUT2D eigenvalue weighted by molar-refractivity contribution is 5.96. The monoisotopic (exact) mass is 339 g/mol. The van der Waals surface area contributed by atoms with E-state index in [9.17, 15) is 18.0 Å². The zero-order chi connectivity index (χ0) is 16.9. The molecule has 2 aliphatic rings. The van der Waals surface area contributed by atoms with Gasteiger partial charge in [0.1, 0.15) is 0 Å². The van der Waals surface area contributed by atoms with Crippen molar-refractivity contribution < 1.29 is 18.0 Å². The van der Waals surface area contributed by atoms with Crippen LogP contribution in [0.5, 0.6) is 0 Å². The highest BCUT2D eigenvalue weighted by Crippen LogP contribution is 2.41. The molecule has 4 heterocycles. The summed E-state index contributed by atoms with van der Waals surface area (Å²) in [4.78, 5) is 17.6. The van der Waals surface area contributed by atoms with Gasteiger partial charge in [-0.2, -0.15) is 13.2 Å². The summed E-state index contributed by atoms with van der Waals surface area (Å²) in [6.45, 7) is 2.37. The number of nitrogens with zero attached hydrogens (tertiary/aromatic N) is 4. The lowest BCUT2D eigenvalue weighted by Gasteiger charge is -2.33. The summed E-state index contributed by atoms with van der Waals surface area (Å²) in [7, 11) is 0. The van der Waals surface area contributed by atoms with E-state index in [1.807, 2.05) is 0 Å². The molecular formula is C15H16F3N5O. The average Bonchev–Trinajstić information content (AvgIpc) is 3.08. The standard InChI is InChI=1S/C15H16F3N5O/c16-15(17,18)13-20-11-2-1-10(8-23(11)21-13)22-9-14(7-12(22)24)3-5-19-6-4-14/h1-2,8,19H,3-7,9H2. The SMILES string of the molecule is O=C1CC2(CCNCC2)CN1c1ccc2nc(C(F)(F)F)nn2c1. The third-order valence-corrected chi connectivity index (χ3v) is 4.87. The number of carbonyl (C=O) groups excluding carboxylic acids is 1. The molecule has 2 aliphatic heterocycles. The molecule has 1 spiro atoms. The summed E-state index contributed by atoms with van der Waals surface area (Å²) in [5.74, 6) is -1.17. The first-order valence-corrected chi connectivity index (χ1v) is 7.81. The molecule has 1 N–H and O–H groups in total. The average molecular weight is 339 g/mol. The van der Waals surface area contributed by atoms with Crippen molar-refractivity contribution in [1.82, 2.24) is 19.9 Å². The summed E-state index contributed by atoms with van der Waals surface area (Å²) < 4.78 is 39.2. The lowest BCUT2D eigenvalue weighted by atomic mass is 9.78. The maximum atomic E-state index is 12.7. The number of piperidine rings is 1. The minimum absolute atomic E-state index is 0.00686. The zero-order valence-corrected chi connectivity index (χ0v) is 12.8. The van der Waals surface area contributed by atoms with E-state index in [1.54, 1.807) is 11.0 Å². The van der Waals surface area contributed by atoms with Crippen LogP contribution in [0.15, 0.2) is 18.3 Å². The molecule has 4 rings (SSSR count). The first kappa shape index (κ1) is 15.4. The molecule has 2 saturated heterocycles. The number of carbonyl (C=O) groups is 1. The van der Waals surface area contributed by atoms with E-state index in [0.717, 1.165) is 30.4 Å². The van der Waals surface area contributed by atoms with Crippen LogP contribution in [0.4, 0.5) is 18.9 Å². The second-order valence-corrected chi connectivity index (χ2v) is 6.53. The van der Waals surface area contributed by atoms with Crippen LogP contribution in [0, 0.1) is 5.41 Å². The lowest BCUT2D eigenvalue weighted by molar-refractivity contribution is -0.144. The number of amides is 1. The molecule has 0 saturated carbocycles. The van der Waals surface area contributed by atoms with E-state index < -0.39 is 12.0 Å². The molecule has 2 fully saturated rings. The fraction of sp³-hybridized carbons (Fsp3) is 0.533. The van der Waals surface area contributed by atoms with E-state index in [2.05, 4.69) is 15.4 Å². The highest BCUT2D eigenvalue weighted by atomic mass is 19.4. The van der Waals surface area contributed by atoms with Gasteiger partial charge in [0.15, 0.2) is 5.65 Å². The van der Waals surface area contributed by atoms with Crippen molar-refractivity contribution in [2.24, 2.45) is 5.41 Å². The van der Waals surface area contributed by atoms with Gasteiger partial charge in [-0.25, -0.2) is 9.50 Å². The number of rotatable bonds is 1. The predicted octanol–water partition coefficient (Wildman–Crippen LogP) is 1.85. The number of pyridine rings is 1. The van der Waals surface area contributed by atoms with Crippen LogP contribution in [-0.4, -0.2) is 40.1 Å². The maximum absolute atomic E-state index is 12.7. The second-order valence-electron chi connectivity index (χ2n) is 6.53. The largest absolute Gasteiger partial charge is 0.453 e. The minimum Gasteiger partial charge on any atom is -0.317 e. The highest BCUT2D eigenvalue weighted by Gasteiger charge is 2.44. The quantitative estimate of drug-likeness (QED) is 0.861. The van der Waals surface area contributed by atoms with Crippen LogP contribution in [0.1, 0.15) is 25.1 Å². The number of halogens is 3. The summed E-state index contributed by atoms with van der Waals surface area (Å²) >= 11 is 0. The summed E-state index contributed by atoms with van der Waals surface area (Å²) in [6.07, 6.45) is -0.805. The summed E-state index contributed by atoms with van der Waals surface area (Å²) in [5.41, 5.74) is 0.632. The lowest BCUT2D eigenvalue weighted by Crippen LogP contribution is -2.38. The molecule has 24 heavy (non-hydrogen) atoms. The van der Waals surface area contributed by atoms with Gasteiger partial charge in [0, 0.05) is 13.0 Å². The van der Waals surface area contributed by atoms with Gasteiger partial charge in [-0.15, -0.1) is 5.10 Å². The van der Waals surface area contributed by atoms with Gasteiger partial charge in [-0.3, -0.25) is 4.79 Å². The fourth-order valence-electron chi connectivity index (χ4n) is 3.57. The van der Waals surface area contributed by atoms with Crippen LogP contribution < -0.4 is 10.2 Å². The van der Waals surface area contributed by atoms with Gasteiger partial charge in [0.05, 0.1) is 11.9 Å². The van der Waals surface area contributed by atoms with E-state index in [-0.39, 0.29) is 17.0 Å². The Kier molecular flexibility index (Phi) is 3.31. The Hall–Kier alpha value is -2.16. The zero-order valence-electron chi connectivity index (χ0n) is 12.8. The molecule has 1 amide bonds. The smallest absolute Gasteiger partial charge is 0.317 e. The van der Waals surface area contributed by atoms with Gasteiger partial charge >= 0.3 is 6.18 Å². The predicted molar refractivity (Wildman–Crippen MR) is 79.5 cm³/mol. The van der Waals surface area contributed by atoms with Crippen LogP contribution in [0.2, 0.25) is 0 Å². The van der Waals surface area contributed by atoms with Crippen molar-refractivity contribution in [2.75, 3.05) is 24.5 Å². The molecule has 0 radical (unpaired) electrons. The Morgan fingerprint density at radius 1 is 1.21 bits per heavy atom. The Balaban J connectivity index is 1.65. The molecular weight excluding hydrogens is 323 g/mol. The van der Waals surface area contributed by atoms with Crippen molar-refractivity contribution in [1.29, 1.82) is 0 Å². The van der Waals surface area contributed by atoms with Gasteiger partial charge in [-0.1, -0.05) is 0 Å². The van der Waals surface area contributed by atoms with Crippen LogP contribution >= 0.6 is 0 Å². The Morgan fingerprint density at radius 3 is 2.67 bits per heavy atom. The van der Waals surface area contributed by atoms with E-state index in [0.29, 0.717) is 18.7 Å². The Morgan fingerprint density at radius 2 is 1.96 bits per heavy atom. The Bertz CT molecular complexity index is 794. The molecule has 0 atom stereocenters. The van der Waals surface area contributed by atoms with Crippen LogP contribution in [-0.2, 0) is 11.0 Å². The number of alkyl halides is 3. The van der Waals surface area contributed by atoms with Gasteiger partial charge in [0.2, 0.25) is 5.91 Å². The number of fused-ring (bicyclic) bond motifs is 1. The first-order chi connectivity index (χ1) is 11.4. The molecule has 0 bridgehead atoms. The summed E-state index contributed by atoms with van der Waals surface area (Å²) in [6, 6.07) is 3.08. The van der Waals surface area contributed by atoms with Crippen molar-refractivity contribution >= 4 is 17.2 Å². The molecule has 2 aromatic heterocycles. The molecule has 6 nitrogen and oxygen atoms in total. The second kappa shape index (κ2) is 5.17. The first-order valence-electron chi connectivity index (χ1n) is 7.81. The van der Waals surface area contributed by atoms with Crippen LogP contribution in [0.25, 0.3) is 5.65 Å². The number of nitrogens with one attached hydrogen (secondary N) is 1. The molecule has 128 valence electrons. The minimum atomic E-state index is -4.59. The van der Waals surface area contributed by atoms with Crippen molar-refractivity contribution in [2.45, 2.75) is 25.4 Å². The molecule has 9 heteroatoms. The topological polar surface area (TPSA) is 62.5 Å². The van der Waals surface area contributed by atoms with Gasteiger partial charge in [-0.05, 0) is 43.5 Å². The number of hydrogen-bond donors (Lipinski definition) is 1. The van der Waals surface area contributed by atoms with Crippen molar-refractivity contribution in [3.63, 3.8) is 0 Å². The van der Waals surface area contributed by atoms with Gasteiger partial charge < -0.3 is 10.2 Å². The van der Waals surface area contributed by atoms with Gasteiger partial charge in [0.25, 0.3) is 5.82 Å². The van der Waals surface area contributed by atoms with Crippen molar-refractivity contribution in [3.05, 3.63) is 24.2 Å². The van der Waals surface area contributed by atoms with E-state index in [4.69, 9.17) is 0 Å². The number of aromatic nitrogens is 3. The van der Waals surface area contributed by atoms with Crippen LogP contribution in [0.3, 0.4) is 0 Å². The van der Waals surface area contributed by atoms with E-state index >= 15 is 0 Å². The maximum Gasteiger partial charge on any atom is 0.453 e. The molecule has 0 aliphatic carbocycles. The number of anilines is 1. The number of hydrogen-bond acceptors (Lipinski definition) is 4. The molecule has 2 aromatic rings. The Labute approximate surface area is 135 Å². The molecule has 0 aromatic carbocycles. The fourth-order valence-corrected chi connectivity index (χ4v) is 3.57. The van der Waals surface area contributed by atoms with Crippen molar-refractivity contribution in [3.8, 4) is 0 Å². The third kappa shape index (κ3) is 2.52. The molecule has 0 unspecified atom stereocenters. The van der Waals surface area contributed by atoms with E-state index in [1.165, 1.54) is 12.3 Å².